The molecule has 0 fully saturated rings. The van der Waals surface area contributed by atoms with Crippen LogP contribution in [0.3, 0.4) is 0 Å². The molecule has 2 nitrogen and oxygen atoms in total. The van der Waals surface area contributed by atoms with Gasteiger partial charge < -0.3 is 10.1 Å². The number of nitrogens with one attached hydrogen (secondary N) is 1. The topological polar surface area (TPSA) is 21.3 Å². The number of unbranched alkanes of at least 4 members (excludes halogenated alkanes) is 1. The van der Waals surface area contributed by atoms with Crippen LogP contribution in [0.1, 0.15) is 39.5 Å². The maximum Gasteiger partial charge on any atom is 0.0590 e. The molecule has 0 saturated heterocycles. The molecule has 0 aromatic heterocycles. The van der Waals surface area contributed by atoms with Gasteiger partial charge in [-0.15, -0.1) is 11.6 Å². The Hall–Kier alpha value is 0.210. The van der Waals surface area contributed by atoms with Crippen LogP contribution in [0.25, 0.3) is 0 Å². The average Bonchev–Trinajstić information content (AvgIpc) is 2.15. The molecule has 0 aliphatic heterocycles. The van der Waals surface area contributed by atoms with Gasteiger partial charge in [-0.25, -0.2) is 0 Å². The van der Waals surface area contributed by atoms with Crippen LogP contribution in [-0.4, -0.2) is 31.7 Å². The van der Waals surface area contributed by atoms with Crippen molar-refractivity contribution in [3.63, 3.8) is 0 Å². The Bertz CT molecular complexity index is 109. The lowest BCUT2D eigenvalue weighted by Gasteiger charge is -2.06. The van der Waals surface area contributed by atoms with Crippen molar-refractivity contribution in [1.29, 1.82) is 0 Å². The van der Waals surface area contributed by atoms with Crippen molar-refractivity contribution in [2.45, 2.75) is 44.9 Å². The first-order valence-corrected chi connectivity index (χ1v) is 6.13. The largest absolute Gasteiger partial charge is 0.380 e. The molecule has 14 heavy (non-hydrogen) atoms. The number of rotatable bonds is 10. The molecule has 0 aromatic carbocycles. The highest BCUT2D eigenvalue weighted by Gasteiger charge is 1.95. The lowest BCUT2D eigenvalue weighted by Crippen LogP contribution is -2.21. The minimum atomic E-state index is 0.303. The van der Waals surface area contributed by atoms with E-state index in [4.69, 9.17) is 16.3 Å². The first-order chi connectivity index (χ1) is 6.77. The molecule has 0 amide bonds. The van der Waals surface area contributed by atoms with E-state index in [0.717, 1.165) is 39.1 Å². The number of alkyl halides is 1. The quantitative estimate of drug-likeness (QED) is 0.453. The number of hydrogen-bond acceptors (Lipinski definition) is 2. The summed E-state index contributed by atoms with van der Waals surface area (Å²) < 4.78 is 5.41. The van der Waals surface area contributed by atoms with Crippen LogP contribution in [-0.2, 0) is 4.74 Å². The monoisotopic (exact) mass is 221 g/mol. The predicted molar refractivity (Wildman–Crippen MR) is 63.1 cm³/mol. The molecule has 0 aromatic rings. The Labute approximate surface area is 93.4 Å². The van der Waals surface area contributed by atoms with Crippen LogP contribution < -0.4 is 5.32 Å². The van der Waals surface area contributed by atoms with Crippen molar-refractivity contribution in [1.82, 2.24) is 5.32 Å². The Kier molecular flexibility index (Phi) is 11.5. The molecule has 0 bridgehead atoms. The van der Waals surface area contributed by atoms with Gasteiger partial charge in [0.1, 0.15) is 0 Å². The molecular weight excluding hydrogens is 198 g/mol. The second-order valence-electron chi connectivity index (χ2n) is 3.64. The van der Waals surface area contributed by atoms with Gasteiger partial charge in [-0.3, -0.25) is 0 Å². The van der Waals surface area contributed by atoms with Crippen LogP contribution >= 0.6 is 11.6 Å². The summed E-state index contributed by atoms with van der Waals surface area (Å²) in [4.78, 5) is 0. The fraction of sp³-hybridized carbons (Fsp3) is 1.00. The van der Waals surface area contributed by atoms with E-state index in [2.05, 4.69) is 12.2 Å². The van der Waals surface area contributed by atoms with Gasteiger partial charge in [0.2, 0.25) is 0 Å². The third-order valence-corrected chi connectivity index (χ3v) is 2.24. The van der Waals surface area contributed by atoms with Crippen LogP contribution in [0.2, 0.25) is 0 Å². The molecule has 0 heterocycles. The minimum absolute atomic E-state index is 0.303. The first-order valence-electron chi connectivity index (χ1n) is 5.70. The highest BCUT2D eigenvalue weighted by atomic mass is 35.5. The van der Waals surface area contributed by atoms with Crippen molar-refractivity contribution >= 4 is 11.6 Å². The van der Waals surface area contributed by atoms with Gasteiger partial charge in [-0.05, 0) is 32.7 Å². The van der Waals surface area contributed by atoms with Crippen LogP contribution in [0.5, 0.6) is 0 Å². The predicted octanol–water partition coefficient (Wildman–Crippen LogP) is 2.80. The normalized spacial score (nSPS) is 13.1. The second-order valence-corrected chi connectivity index (χ2v) is 4.38. The standard InChI is InChI=1S/C11H24ClNO/c1-3-4-9-14-10-8-13-7-5-6-11(2)12/h11,13H,3-10H2,1-2H3. The van der Waals surface area contributed by atoms with Gasteiger partial charge >= 0.3 is 0 Å². The Morgan fingerprint density at radius 3 is 2.64 bits per heavy atom. The average molecular weight is 222 g/mol. The van der Waals surface area contributed by atoms with E-state index in [9.17, 15) is 0 Å². The summed E-state index contributed by atoms with van der Waals surface area (Å²) >= 11 is 5.82. The lowest BCUT2D eigenvalue weighted by molar-refractivity contribution is 0.133. The van der Waals surface area contributed by atoms with Crippen molar-refractivity contribution in [2.24, 2.45) is 0 Å². The van der Waals surface area contributed by atoms with Crippen LogP contribution in [0.15, 0.2) is 0 Å². The molecule has 1 N–H and O–H groups in total. The number of hydrogen-bond donors (Lipinski definition) is 1. The van der Waals surface area contributed by atoms with E-state index < -0.39 is 0 Å². The zero-order valence-corrected chi connectivity index (χ0v) is 10.3. The molecule has 0 aliphatic carbocycles. The third-order valence-electron chi connectivity index (χ3n) is 2.02. The van der Waals surface area contributed by atoms with Crippen molar-refractivity contribution in [3.8, 4) is 0 Å². The maximum atomic E-state index is 5.82. The highest BCUT2D eigenvalue weighted by molar-refractivity contribution is 6.20. The van der Waals surface area contributed by atoms with E-state index in [1.54, 1.807) is 0 Å². The highest BCUT2D eigenvalue weighted by Crippen LogP contribution is 2.01. The SMILES string of the molecule is CCCCOCCNCCCC(C)Cl. The lowest BCUT2D eigenvalue weighted by atomic mass is 10.2. The zero-order valence-electron chi connectivity index (χ0n) is 9.52. The summed E-state index contributed by atoms with van der Waals surface area (Å²) in [7, 11) is 0. The van der Waals surface area contributed by atoms with Gasteiger partial charge in [-0.2, -0.15) is 0 Å². The van der Waals surface area contributed by atoms with E-state index in [1.165, 1.54) is 12.8 Å². The molecule has 0 radical (unpaired) electrons. The molecule has 0 saturated carbocycles. The first kappa shape index (κ1) is 14.2. The van der Waals surface area contributed by atoms with Crippen LogP contribution in [0, 0.1) is 0 Å². The number of halogens is 1. The summed E-state index contributed by atoms with van der Waals surface area (Å²) in [6.07, 6.45) is 4.62. The molecule has 0 spiro atoms. The third kappa shape index (κ3) is 12.2. The van der Waals surface area contributed by atoms with E-state index in [1.807, 2.05) is 6.92 Å². The van der Waals surface area contributed by atoms with Gasteiger partial charge in [0.05, 0.1) is 6.61 Å². The number of ether oxygens (including phenoxy) is 1. The Balaban J connectivity index is 2.85. The minimum Gasteiger partial charge on any atom is -0.380 e. The van der Waals surface area contributed by atoms with Crippen LogP contribution in [0.4, 0.5) is 0 Å². The molecule has 0 aliphatic rings. The second kappa shape index (κ2) is 11.3. The van der Waals surface area contributed by atoms with Crippen molar-refractivity contribution in [2.75, 3.05) is 26.3 Å². The smallest absolute Gasteiger partial charge is 0.0590 e. The van der Waals surface area contributed by atoms with E-state index >= 15 is 0 Å². The van der Waals surface area contributed by atoms with E-state index in [0.29, 0.717) is 5.38 Å². The summed E-state index contributed by atoms with van der Waals surface area (Å²) in [5.74, 6) is 0. The van der Waals surface area contributed by atoms with E-state index in [-0.39, 0.29) is 0 Å². The van der Waals surface area contributed by atoms with Gasteiger partial charge in [0.15, 0.2) is 0 Å². The fourth-order valence-corrected chi connectivity index (χ4v) is 1.28. The zero-order chi connectivity index (χ0) is 10.6. The fourth-order valence-electron chi connectivity index (χ4n) is 1.13. The molecule has 3 heteroatoms. The van der Waals surface area contributed by atoms with Crippen molar-refractivity contribution in [3.05, 3.63) is 0 Å². The summed E-state index contributed by atoms with van der Waals surface area (Å²) in [5.41, 5.74) is 0. The van der Waals surface area contributed by atoms with Crippen molar-refractivity contribution < 1.29 is 4.74 Å². The summed E-state index contributed by atoms with van der Waals surface area (Å²) in [5, 5.41) is 3.64. The van der Waals surface area contributed by atoms with Gasteiger partial charge in [0, 0.05) is 18.5 Å². The molecule has 1 unspecified atom stereocenters. The summed E-state index contributed by atoms with van der Waals surface area (Å²) in [6.45, 7) is 7.95. The maximum absolute atomic E-state index is 5.82. The molecule has 86 valence electrons. The summed E-state index contributed by atoms with van der Waals surface area (Å²) in [6, 6.07) is 0. The van der Waals surface area contributed by atoms with Gasteiger partial charge in [-0.1, -0.05) is 13.3 Å². The molecular formula is C11H24ClNO. The Morgan fingerprint density at radius 1 is 1.21 bits per heavy atom. The molecule has 1 atom stereocenters. The molecule has 0 rings (SSSR count). The Morgan fingerprint density at radius 2 is 2.00 bits per heavy atom. The van der Waals surface area contributed by atoms with Gasteiger partial charge in [0.25, 0.3) is 0 Å².